The van der Waals surface area contributed by atoms with E-state index in [0.29, 0.717) is 26.8 Å². The Morgan fingerprint density at radius 3 is 2.17 bits per heavy atom. The van der Waals surface area contributed by atoms with Crippen LogP contribution in [-0.4, -0.2) is 39.1 Å². The van der Waals surface area contributed by atoms with Crippen LogP contribution in [0.2, 0.25) is 10.0 Å². The van der Waals surface area contributed by atoms with E-state index in [1.807, 2.05) is 12.1 Å². The van der Waals surface area contributed by atoms with Crippen LogP contribution >= 0.6 is 23.2 Å². The average Bonchev–Trinajstić information content (AvgIpc) is 3.36. The summed E-state index contributed by atoms with van der Waals surface area (Å²) < 4.78 is 5.52. The molecule has 1 aliphatic rings. The number of hydrogen-bond acceptors (Lipinski definition) is 6. The third kappa shape index (κ3) is 5.44. The van der Waals surface area contributed by atoms with Gasteiger partial charge in [-0.1, -0.05) is 29.3 Å². The van der Waals surface area contributed by atoms with E-state index in [9.17, 15) is 9.59 Å². The van der Waals surface area contributed by atoms with Crippen LogP contribution in [0.3, 0.4) is 0 Å². The molecule has 1 saturated carbocycles. The number of halogens is 2. The first kappa shape index (κ1) is 23.3. The third-order valence-electron chi connectivity index (χ3n) is 5.99. The summed E-state index contributed by atoms with van der Waals surface area (Å²) in [7, 11) is 0. The highest BCUT2D eigenvalue weighted by molar-refractivity contribution is 6.31. The Morgan fingerprint density at radius 1 is 0.800 bits per heavy atom. The number of benzene rings is 2. The van der Waals surface area contributed by atoms with Gasteiger partial charge in [0, 0.05) is 33.1 Å². The monoisotopic (exact) mass is 509 g/mol. The minimum Gasteiger partial charge on any atom is -0.412 e. The fourth-order valence-corrected chi connectivity index (χ4v) is 4.44. The van der Waals surface area contributed by atoms with Gasteiger partial charge in [-0.25, -0.2) is 4.98 Å². The summed E-state index contributed by atoms with van der Waals surface area (Å²) >= 11 is 11.9. The standard InChI is InChI=1S/C25H21Cl2N5O3/c26-16-4-1-14(2-5-16)24-31-32-25(35-24)23(34)29-19-9-7-18(8-10-19)28-22(33)21-11-3-15-13-17(27)6-12-20(15)30-21/h1-6,11-13,18-19H,7-10H2,(H,28,33)(H,29,34). The molecule has 35 heavy (non-hydrogen) atoms. The lowest BCUT2D eigenvalue weighted by Gasteiger charge is -2.29. The van der Waals surface area contributed by atoms with Gasteiger partial charge in [0.25, 0.3) is 5.91 Å². The van der Waals surface area contributed by atoms with Crippen molar-refractivity contribution in [1.82, 2.24) is 25.8 Å². The van der Waals surface area contributed by atoms with Crippen molar-refractivity contribution in [1.29, 1.82) is 0 Å². The van der Waals surface area contributed by atoms with E-state index in [0.717, 1.165) is 31.1 Å². The molecule has 5 rings (SSSR count). The molecule has 1 aliphatic carbocycles. The smallest absolute Gasteiger partial charge is 0.309 e. The predicted molar refractivity (Wildman–Crippen MR) is 132 cm³/mol. The summed E-state index contributed by atoms with van der Waals surface area (Å²) in [5, 5.41) is 15.9. The van der Waals surface area contributed by atoms with Crippen LogP contribution in [0.25, 0.3) is 22.4 Å². The molecule has 8 nitrogen and oxygen atoms in total. The summed E-state index contributed by atoms with van der Waals surface area (Å²) in [5.41, 5.74) is 1.76. The Hall–Kier alpha value is -3.49. The highest BCUT2D eigenvalue weighted by Gasteiger charge is 2.26. The van der Waals surface area contributed by atoms with Gasteiger partial charge in [0.2, 0.25) is 5.89 Å². The summed E-state index contributed by atoms with van der Waals surface area (Å²) in [6, 6.07) is 15.8. The van der Waals surface area contributed by atoms with Crippen molar-refractivity contribution in [3.05, 3.63) is 76.2 Å². The normalized spacial score (nSPS) is 17.8. The Balaban J connectivity index is 1.13. The molecule has 178 valence electrons. The molecule has 2 amide bonds. The maximum Gasteiger partial charge on any atom is 0.309 e. The van der Waals surface area contributed by atoms with Gasteiger partial charge in [0.1, 0.15) is 5.69 Å². The molecule has 2 N–H and O–H groups in total. The van der Waals surface area contributed by atoms with Gasteiger partial charge in [-0.15, -0.1) is 10.2 Å². The van der Waals surface area contributed by atoms with Crippen LogP contribution in [0, 0.1) is 0 Å². The fraction of sp³-hybridized carbons (Fsp3) is 0.240. The van der Waals surface area contributed by atoms with Gasteiger partial charge in [0.05, 0.1) is 5.52 Å². The van der Waals surface area contributed by atoms with Gasteiger partial charge >= 0.3 is 11.8 Å². The zero-order chi connectivity index (χ0) is 24.4. The number of nitrogens with zero attached hydrogens (tertiary/aromatic N) is 3. The van der Waals surface area contributed by atoms with Gasteiger partial charge in [0.15, 0.2) is 0 Å². The predicted octanol–water partition coefficient (Wildman–Crippen LogP) is 5.06. The number of rotatable bonds is 5. The number of aromatic nitrogens is 3. The van der Waals surface area contributed by atoms with Crippen LogP contribution in [0.15, 0.2) is 59.0 Å². The van der Waals surface area contributed by atoms with E-state index in [1.54, 1.807) is 42.5 Å². The van der Waals surface area contributed by atoms with Crippen LogP contribution in [0.1, 0.15) is 46.9 Å². The van der Waals surface area contributed by atoms with Crippen molar-refractivity contribution >= 4 is 45.9 Å². The molecule has 0 saturated heterocycles. The summed E-state index contributed by atoms with van der Waals surface area (Å²) in [4.78, 5) is 29.7. The highest BCUT2D eigenvalue weighted by Crippen LogP contribution is 2.23. The lowest BCUT2D eigenvalue weighted by Crippen LogP contribution is -2.44. The minimum atomic E-state index is -0.411. The van der Waals surface area contributed by atoms with Crippen LogP contribution in [0.4, 0.5) is 0 Å². The molecule has 0 bridgehead atoms. The Morgan fingerprint density at radius 2 is 1.46 bits per heavy atom. The lowest BCUT2D eigenvalue weighted by atomic mass is 9.91. The second-order valence-electron chi connectivity index (χ2n) is 8.45. The highest BCUT2D eigenvalue weighted by atomic mass is 35.5. The number of pyridine rings is 1. The first-order valence-electron chi connectivity index (χ1n) is 11.2. The molecule has 0 atom stereocenters. The molecule has 10 heteroatoms. The van der Waals surface area contributed by atoms with Gasteiger partial charge in [-0.2, -0.15) is 0 Å². The van der Waals surface area contributed by atoms with Crippen LogP contribution < -0.4 is 10.6 Å². The largest absolute Gasteiger partial charge is 0.412 e. The lowest BCUT2D eigenvalue weighted by molar-refractivity contribution is 0.0869. The maximum absolute atomic E-state index is 12.7. The van der Waals surface area contributed by atoms with E-state index in [2.05, 4.69) is 25.8 Å². The quantitative estimate of drug-likeness (QED) is 0.388. The summed E-state index contributed by atoms with van der Waals surface area (Å²) in [6.07, 6.45) is 2.91. The molecular weight excluding hydrogens is 489 g/mol. The minimum absolute atomic E-state index is 0.0123. The van der Waals surface area contributed by atoms with Gasteiger partial charge in [-0.05, 0) is 74.2 Å². The van der Waals surface area contributed by atoms with Crippen LogP contribution in [0.5, 0.6) is 0 Å². The number of hydrogen-bond donors (Lipinski definition) is 2. The molecule has 2 aromatic heterocycles. The first-order chi connectivity index (χ1) is 16.9. The molecular formula is C25H21Cl2N5O3. The van der Waals surface area contributed by atoms with Gasteiger partial charge < -0.3 is 15.1 Å². The van der Waals surface area contributed by atoms with Crippen molar-refractivity contribution in [2.75, 3.05) is 0 Å². The average molecular weight is 510 g/mol. The second-order valence-corrected chi connectivity index (χ2v) is 9.32. The van der Waals surface area contributed by atoms with Gasteiger partial charge in [-0.3, -0.25) is 9.59 Å². The Bertz CT molecular complexity index is 1380. The number of carbonyl (C=O) groups is 2. The zero-order valence-corrected chi connectivity index (χ0v) is 20.0. The summed E-state index contributed by atoms with van der Waals surface area (Å²) in [6.45, 7) is 0. The molecule has 2 aromatic carbocycles. The third-order valence-corrected chi connectivity index (χ3v) is 6.48. The van der Waals surface area contributed by atoms with Crippen molar-refractivity contribution in [3.8, 4) is 11.5 Å². The number of nitrogens with one attached hydrogen (secondary N) is 2. The molecule has 2 heterocycles. The van der Waals surface area contributed by atoms with E-state index < -0.39 is 5.91 Å². The molecule has 4 aromatic rings. The van der Waals surface area contributed by atoms with Crippen molar-refractivity contribution in [2.24, 2.45) is 0 Å². The molecule has 0 unspecified atom stereocenters. The van der Waals surface area contributed by atoms with Crippen molar-refractivity contribution in [2.45, 2.75) is 37.8 Å². The first-order valence-corrected chi connectivity index (χ1v) is 12.0. The summed E-state index contributed by atoms with van der Waals surface area (Å²) in [5.74, 6) is -0.460. The Labute approximate surface area is 211 Å². The van der Waals surface area contributed by atoms with E-state index in [4.69, 9.17) is 27.6 Å². The number of carbonyl (C=O) groups excluding carboxylic acids is 2. The van der Waals surface area contributed by atoms with E-state index >= 15 is 0 Å². The molecule has 0 spiro atoms. The van der Waals surface area contributed by atoms with Crippen molar-refractivity contribution < 1.29 is 14.0 Å². The van der Waals surface area contributed by atoms with Crippen molar-refractivity contribution in [3.63, 3.8) is 0 Å². The SMILES string of the molecule is O=C(NC1CCC(NC(=O)c2nnc(-c3ccc(Cl)cc3)o2)CC1)c1ccc2cc(Cl)ccc2n1. The van der Waals surface area contributed by atoms with Crippen LogP contribution in [-0.2, 0) is 0 Å². The molecule has 1 fully saturated rings. The maximum atomic E-state index is 12.7. The number of amides is 2. The van der Waals surface area contributed by atoms with E-state index in [1.165, 1.54) is 0 Å². The fourth-order valence-electron chi connectivity index (χ4n) is 4.14. The number of fused-ring (bicyclic) bond motifs is 1. The second kappa shape index (κ2) is 10.0. The Kier molecular flexibility index (Phi) is 6.66. The molecule has 0 aliphatic heterocycles. The molecule has 0 radical (unpaired) electrons. The van der Waals surface area contributed by atoms with E-state index in [-0.39, 0.29) is 29.8 Å². The topological polar surface area (TPSA) is 110 Å². The zero-order valence-electron chi connectivity index (χ0n) is 18.5.